The first-order chi connectivity index (χ1) is 12.2. The normalized spacial score (nSPS) is 16.7. The summed E-state index contributed by atoms with van der Waals surface area (Å²) in [7, 11) is 0. The van der Waals surface area contributed by atoms with Crippen LogP contribution in [0, 0.1) is 18.3 Å². The lowest BCUT2D eigenvalue weighted by Gasteiger charge is -2.14. The lowest BCUT2D eigenvalue weighted by Crippen LogP contribution is -2.22. The molecule has 1 aromatic carbocycles. The molecule has 1 fully saturated rings. The highest BCUT2D eigenvalue weighted by atomic mass is 32.1. The van der Waals surface area contributed by atoms with Crippen molar-refractivity contribution in [2.24, 2.45) is 0 Å². The van der Waals surface area contributed by atoms with E-state index in [9.17, 15) is 0 Å². The number of hydrogen-bond acceptors (Lipinski definition) is 7. The molecule has 7 heteroatoms. The van der Waals surface area contributed by atoms with Gasteiger partial charge < -0.3 is 16.0 Å². The third-order valence-electron chi connectivity index (χ3n) is 4.14. The largest absolute Gasteiger partial charge is 0.381 e. The van der Waals surface area contributed by atoms with E-state index in [1.807, 2.05) is 25.1 Å². The zero-order chi connectivity index (χ0) is 17.2. The number of pyridine rings is 1. The molecule has 25 heavy (non-hydrogen) atoms. The van der Waals surface area contributed by atoms with E-state index in [1.54, 1.807) is 6.07 Å². The van der Waals surface area contributed by atoms with Gasteiger partial charge in [0.2, 0.25) is 0 Å². The van der Waals surface area contributed by atoms with Crippen LogP contribution in [-0.2, 0) is 0 Å². The van der Waals surface area contributed by atoms with E-state index in [0.29, 0.717) is 11.6 Å². The van der Waals surface area contributed by atoms with Crippen molar-refractivity contribution in [2.75, 3.05) is 23.7 Å². The highest BCUT2D eigenvalue weighted by molar-refractivity contribution is 7.22. The number of nitrogens with zero attached hydrogens (tertiary/aromatic N) is 3. The minimum atomic E-state index is 0.460. The number of aromatic nitrogens is 2. The predicted octanol–water partition coefficient (Wildman–Crippen LogP) is 3.39. The first kappa shape index (κ1) is 15.8. The Hall–Kier alpha value is -2.69. The molecule has 0 spiro atoms. The fourth-order valence-electron chi connectivity index (χ4n) is 2.99. The fourth-order valence-corrected chi connectivity index (χ4v) is 3.90. The van der Waals surface area contributed by atoms with Crippen LogP contribution in [-0.4, -0.2) is 29.1 Å². The van der Waals surface area contributed by atoms with Gasteiger partial charge in [-0.15, -0.1) is 0 Å². The maximum absolute atomic E-state index is 9.01. The second-order valence-electron chi connectivity index (χ2n) is 6.15. The van der Waals surface area contributed by atoms with E-state index in [-0.39, 0.29) is 0 Å². The molecule has 1 unspecified atom stereocenters. The molecule has 0 amide bonds. The molecule has 0 bridgehead atoms. The van der Waals surface area contributed by atoms with E-state index >= 15 is 0 Å². The van der Waals surface area contributed by atoms with Crippen LogP contribution < -0.4 is 16.0 Å². The zero-order valence-corrected chi connectivity index (χ0v) is 14.7. The molecule has 0 saturated carbocycles. The molecule has 3 heterocycles. The Morgan fingerprint density at radius 2 is 2.20 bits per heavy atom. The van der Waals surface area contributed by atoms with E-state index in [1.165, 1.54) is 11.3 Å². The van der Waals surface area contributed by atoms with Gasteiger partial charge in [0.15, 0.2) is 5.13 Å². The molecular weight excluding hydrogens is 332 g/mol. The summed E-state index contributed by atoms with van der Waals surface area (Å²) < 4.78 is 0.990. The van der Waals surface area contributed by atoms with Crippen LogP contribution >= 0.6 is 11.3 Å². The predicted molar refractivity (Wildman–Crippen MR) is 101 cm³/mol. The molecule has 1 aliphatic rings. The summed E-state index contributed by atoms with van der Waals surface area (Å²) in [6, 6.07) is 12.2. The van der Waals surface area contributed by atoms with Gasteiger partial charge in [0.25, 0.3) is 0 Å². The van der Waals surface area contributed by atoms with Gasteiger partial charge in [-0.05, 0) is 44.2 Å². The number of nitrogens with one attached hydrogen (secondary N) is 3. The number of fused-ring (bicyclic) bond motifs is 1. The smallest absolute Gasteiger partial charge is 0.189 e. The van der Waals surface area contributed by atoms with E-state index < -0.39 is 0 Å². The van der Waals surface area contributed by atoms with E-state index in [4.69, 9.17) is 5.26 Å². The van der Waals surface area contributed by atoms with Gasteiger partial charge in [-0.3, -0.25) is 0 Å². The number of rotatable bonds is 4. The van der Waals surface area contributed by atoms with Crippen molar-refractivity contribution in [3.63, 3.8) is 0 Å². The Morgan fingerprint density at radius 3 is 3.00 bits per heavy atom. The number of benzene rings is 1. The zero-order valence-electron chi connectivity index (χ0n) is 13.8. The Labute approximate surface area is 149 Å². The van der Waals surface area contributed by atoms with Crippen molar-refractivity contribution in [3.8, 4) is 6.07 Å². The molecule has 6 nitrogen and oxygen atoms in total. The molecule has 126 valence electrons. The molecule has 1 saturated heterocycles. The first-order valence-corrected chi connectivity index (χ1v) is 9.05. The van der Waals surface area contributed by atoms with Gasteiger partial charge in [-0.25, -0.2) is 9.97 Å². The minimum absolute atomic E-state index is 0.460. The maximum atomic E-state index is 9.01. The summed E-state index contributed by atoms with van der Waals surface area (Å²) in [6.07, 6.45) is 1.13. The van der Waals surface area contributed by atoms with Crippen molar-refractivity contribution in [1.29, 1.82) is 5.26 Å². The number of nitriles is 1. The van der Waals surface area contributed by atoms with Gasteiger partial charge in [0.1, 0.15) is 5.82 Å². The van der Waals surface area contributed by atoms with Gasteiger partial charge in [0, 0.05) is 30.0 Å². The Morgan fingerprint density at radius 1 is 1.28 bits per heavy atom. The molecule has 3 aromatic rings. The van der Waals surface area contributed by atoms with Crippen LogP contribution in [0.15, 0.2) is 30.3 Å². The lowest BCUT2D eigenvalue weighted by atomic mass is 10.2. The highest BCUT2D eigenvalue weighted by Gasteiger charge is 2.14. The summed E-state index contributed by atoms with van der Waals surface area (Å²) in [5.41, 5.74) is 3.55. The van der Waals surface area contributed by atoms with Crippen LogP contribution in [0.4, 0.5) is 16.6 Å². The summed E-state index contributed by atoms with van der Waals surface area (Å²) in [6.45, 7) is 4.03. The fraction of sp³-hybridized carbons (Fsp3) is 0.278. The molecule has 0 radical (unpaired) electrons. The van der Waals surface area contributed by atoms with Crippen molar-refractivity contribution < 1.29 is 0 Å². The molecule has 2 aromatic heterocycles. The average Bonchev–Trinajstić information content (AvgIpc) is 3.22. The summed E-state index contributed by atoms with van der Waals surface area (Å²) in [5, 5.41) is 20.0. The van der Waals surface area contributed by atoms with Gasteiger partial charge in [-0.1, -0.05) is 11.3 Å². The topological polar surface area (TPSA) is 85.7 Å². The molecular formula is C18H18N6S. The van der Waals surface area contributed by atoms with Gasteiger partial charge in [-0.2, -0.15) is 5.26 Å². The maximum Gasteiger partial charge on any atom is 0.189 e. The number of thiazole rings is 1. The van der Waals surface area contributed by atoms with Gasteiger partial charge >= 0.3 is 0 Å². The lowest BCUT2D eigenvalue weighted by molar-refractivity contribution is 0.793. The van der Waals surface area contributed by atoms with Crippen molar-refractivity contribution >= 4 is 38.2 Å². The van der Waals surface area contributed by atoms with Crippen LogP contribution in [0.2, 0.25) is 0 Å². The van der Waals surface area contributed by atoms with Crippen molar-refractivity contribution in [1.82, 2.24) is 15.3 Å². The summed E-state index contributed by atoms with van der Waals surface area (Å²) in [4.78, 5) is 9.13. The Balaban J connectivity index is 1.57. The summed E-state index contributed by atoms with van der Waals surface area (Å²) in [5.74, 6) is 0.771. The van der Waals surface area contributed by atoms with Crippen LogP contribution in [0.1, 0.15) is 17.7 Å². The molecule has 4 rings (SSSR count). The number of anilines is 3. The van der Waals surface area contributed by atoms with Crippen LogP contribution in [0.25, 0.3) is 10.2 Å². The van der Waals surface area contributed by atoms with Crippen molar-refractivity contribution in [3.05, 3.63) is 41.6 Å². The quantitative estimate of drug-likeness (QED) is 0.669. The third-order valence-corrected chi connectivity index (χ3v) is 5.07. The average molecular weight is 350 g/mol. The standard InChI is InChI=1S/C18H18N6S/c1-11-6-14(22-13-4-5-20-10-13)8-17(21-11)24-18-23-15-3-2-12(9-19)7-16(15)25-18/h2-3,6-8,13,20H,4-5,10H2,1H3,(H2,21,22,23,24). The minimum Gasteiger partial charge on any atom is -0.381 e. The Bertz CT molecular complexity index is 952. The molecule has 1 atom stereocenters. The highest BCUT2D eigenvalue weighted by Crippen LogP contribution is 2.29. The van der Waals surface area contributed by atoms with E-state index in [2.05, 4.69) is 38.1 Å². The van der Waals surface area contributed by atoms with Gasteiger partial charge in [0.05, 0.1) is 21.8 Å². The second kappa shape index (κ2) is 6.67. The third kappa shape index (κ3) is 3.55. The molecule has 0 aliphatic carbocycles. The monoisotopic (exact) mass is 350 g/mol. The first-order valence-electron chi connectivity index (χ1n) is 8.23. The van der Waals surface area contributed by atoms with E-state index in [0.717, 1.165) is 52.1 Å². The molecule has 3 N–H and O–H groups in total. The number of hydrogen-bond donors (Lipinski definition) is 3. The second-order valence-corrected chi connectivity index (χ2v) is 7.19. The Kier molecular flexibility index (Phi) is 4.22. The van der Waals surface area contributed by atoms with Crippen LogP contribution in [0.3, 0.4) is 0 Å². The van der Waals surface area contributed by atoms with Crippen molar-refractivity contribution in [2.45, 2.75) is 19.4 Å². The summed E-state index contributed by atoms with van der Waals surface area (Å²) >= 11 is 1.52. The molecule has 1 aliphatic heterocycles. The SMILES string of the molecule is Cc1cc(NC2CCNC2)cc(Nc2nc3ccc(C#N)cc3s2)n1. The number of aryl methyl sites for hydroxylation is 1. The van der Waals surface area contributed by atoms with Crippen LogP contribution in [0.5, 0.6) is 0 Å².